The molecule has 0 atom stereocenters. The second-order valence-electron chi connectivity index (χ2n) is 6.62. The Labute approximate surface area is 171 Å². The molecule has 3 aromatic rings. The molecular formula is C23H26N4O2. The van der Waals surface area contributed by atoms with Gasteiger partial charge in [0, 0.05) is 24.3 Å². The Bertz CT molecular complexity index is 991. The van der Waals surface area contributed by atoms with Crippen LogP contribution in [0.25, 0.3) is 5.69 Å². The molecule has 3 rings (SSSR count). The fourth-order valence-corrected chi connectivity index (χ4v) is 3.32. The monoisotopic (exact) mass is 390 g/mol. The molecule has 6 heteroatoms. The van der Waals surface area contributed by atoms with Crippen molar-refractivity contribution in [2.24, 2.45) is 0 Å². The van der Waals surface area contributed by atoms with Gasteiger partial charge in [-0.3, -0.25) is 9.59 Å². The van der Waals surface area contributed by atoms with Crippen molar-refractivity contribution in [2.45, 2.75) is 27.2 Å². The van der Waals surface area contributed by atoms with E-state index in [2.05, 4.69) is 10.4 Å². The average molecular weight is 390 g/mol. The number of hydrogen-bond acceptors (Lipinski definition) is 3. The zero-order valence-electron chi connectivity index (χ0n) is 17.1. The van der Waals surface area contributed by atoms with Gasteiger partial charge in [0.05, 0.1) is 23.1 Å². The van der Waals surface area contributed by atoms with Gasteiger partial charge >= 0.3 is 0 Å². The molecule has 0 bridgehead atoms. The number of hydrogen-bond donors (Lipinski definition) is 1. The van der Waals surface area contributed by atoms with Gasteiger partial charge in [-0.2, -0.15) is 5.10 Å². The minimum atomic E-state index is -0.239. The second kappa shape index (κ2) is 9.19. The highest BCUT2D eigenvalue weighted by molar-refractivity contribution is 6.05. The zero-order valence-corrected chi connectivity index (χ0v) is 17.1. The molecule has 0 aliphatic heterocycles. The van der Waals surface area contributed by atoms with Crippen molar-refractivity contribution in [3.8, 4) is 5.69 Å². The molecule has 29 heavy (non-hydrogen) atoms. The Morgan fingerprint density at radius 3 is 2.38 bits per heavy atom. The third-order valence-corrected chi connectivity index (χ3v) is 4.87. The van der Waals surface area contributed by atoms with Crippen LogP contribution in [-0.2, 0) is 6.42 Å². The quantitative estimate of drug-likeness (QED) is 0.658. The van der Waals surface area contributed by atoms with E-state index in [0.717, 1.165) is 11.4 Å². The first-order valence-electron chi connectivity index (χ1n) is 9.92. The van der Waals surface area contributed by atoms with Gasteiger partial charge in [-0.15, -0.1) is 0 Å². The van der Waals surface area contributed by atoms with Crippen LogP contribution in [0.5, 0.6) is 0 Å². The number of amides is 2. The highest BCUT2D eigenvalue weighted by atomic mass is 16.2. The number of para-hydroxylation sites is 1. The Kier molecular flexibility index (Phi) is 6.44. The minimum absolute atomic E-state index is 0.0442. The van der Waals surface area contributed by atoms with Gasteiger partial charge < -0.3 is 10.2 Å². The van der Waals surface area contributed by atoms with E-state index in [1.807, 2.05) is 51.1 Å². The van der Waals surface area contributed by atoms with Gasteiger partial charge in [-0.1, -0.05) is 31.2 Å². The first kappa shape index (κ1) is 20.3. The lowest BCUT2D eigenvalue weighted by Crippen LogP contribution is -2.30. The maximum Gasteiger partial charge on any atom is 0.259 e. The van der Waals surface area contributed by atoms with E-state index in [1.165, 1.54) is 0 Å². The van der Waals surface area contributed by atoms with Gasteiger partial charge in [0.2, 0.25) is 0 Å². The molecule has 6 nitrogen and oxygen atoms in total. The van der Waals surface area contributed by atoms with Crippen LogP contribution >= 0.6 is 0 Å². The molecule has 2 aromatic carbocycles. The third kappa shape index (κ3) is 4.37. The molecule has 1 N–H and O–H groups in total. The van der Waals surface area contributed by atoms with Crippen LogP contribution in [0.4, 0.5) is 5.69 Å². The number of carbonyl (C=O) groups is 2. The fourth-order valence-electron chi connectivity index (χ4n) is 3.32. The van der Waals surface area contributed by atoms with Crippen LogP contribution in [0.1, 0.15) is 47.2 Å². The van der Waals surface area contributed by atoms with Gasteiger partial charge in [0.1, 0.15) is 0 Å². The summed E-state index contributed by atoms with van der Waals surface area (Å²) in [5.41, 5.74) is 3.42. The molecule has 0 unspecified atom stereocenters. The number of aromatic nitrogens is 2. The smallest absolute Gasteiger partial charge is 0.259 e. The number of benzene rings is 2. The van der Waals surface area contributed by atoms with Crippen LogP contribution in [-0.4, -0.2) is 39.6 Å². The van der Waals surface area contributed by atoms with Crippen molar-refractivity contribution in [3.05, 3.63) is 77.6 Å². The summed E-state index contributed by atoms with van der Waals surface area (Å²) in [6.07, 6.45) is 2.25. The van der Waals surface area contributed by atoms with E-state index in [1.54, 1.807) is 40.0 Å². The maximum absolute atomic E-state index is 12.9. The lowest BCUT2D eigenvalue weighted by Gasteiger charge is -2.19. The van der Waals surface area contributed by atoms with Crippen LogP contribution in [0.2, 0.25) is 0 Å². The van der Waals surface area contributed by atoms with E-state index in [9.17, 15) is 9.59 Å². The Morgan fingerprint density at radius 1 is 1.00 bits per heavy atom. The summed E-state index contributed by atoms with van der Waals surface area (Å²) in [5.74, 6) is -0.284. The predicted molar refractivity (Wildman–Crippen MR) is 115 cm³/mol. The van der Waals surface area contributed by atoms with Crippen LogP contribution in [0.15, 0.2) is 60.8 Å². The second-order valence-corrected chi connectivity index (χ2v) is 6.62. The molecule has 1 heterocycles. The number of anilines is 1. The minimum Gasteiger partial charge on any atom is -0.339 e. The van der Waals surface area contributed by atoms with Crippen molar-refractivity contribution < 1.29 is 9.59 Å². The van der Waals surface area contributed by atoms with Gasteiger partial charge in [0.15, 0.2) is 0 Å². The largest absolute Gasteiger partial charge is 0.339 e. The first-order valence-corrected chi connectivity index (χ1v) is 9.92. The van der Waals surface area contributed by atoms with Crippen molar-refractivity contribution in [1.82, 2.24) is 14.7 Å². The summed E-state index contributed by atoms with van der Waals surface area (Å²) in [6, 6.07) is 16.8. The van der Waals surface area contributed by atoms with E-state index in [0.29, 0.717) is 36.3 Å². The molecule has 1 aromatic heterocycles. The normalized spacial score (nSPS) is 10.6. The van der Waals surface area contributed by atoms with E-state index >= 15 is 0 Å². The topological polar surface area (TPSA) is 67.2 Å². The van der Waals surface area contributed by atoms with Crippen molar-refractivity contribution >= 4 is 17.5 Å². The third-order valence-electron chi connectivity index (χ3n) is 4.87. The molecule has 150 valence electrons. The van der Waals surface area contributed by atoms with E-state index in [-0.39, 0.29) is 11.8 Å². The number of nitrogens with one attached hydrogen (secondary N) is 1. The Hall–Kier alpha value is -3.41. The summed E-state index contributed by atoms with van der Waals surface area (Å²) in [4.78, 5) is 27.2. The van der Waals surface area contributed by atoms with Crippen molar-refractivity contribution in [1.29, 1.82) is 0 Å². The highest BCUT2D eigenvalue weighted by Gasteiger charge is 2.18. The van der Waals surface area contributed by atoms with E-state index in [4.69, 9.17) is 0 Å². The van der Waals surface area contributed by atoms with Crippen LogP contribution in [0.3, 0.4) is 0 Å². The number of carbonyl (C=O) groups excluding carboxylic acids is 2. The average Bonchev–Trinajstić information content (AvgIpc) is 3.19. The van der Waals surface area contributed by atoms with Gasteiger partial charge in [0.25, 0.3) is 11.8 Å². The standard InChI is InChI=1S/C23H26N4O2/c1-4-21-20(16-24-27(21)19-13-8-7-9-14-19)22(28)25-18-12-10-11-17(15-18)23(29)26(5-2)6-3/h7-16H,4-6H2,1-3H3,(H,25,28). The first-order chi connectivity index (χ1) is 14.1. The maximum atomic E-state index is 12.9. The summed E-state index contributed by atoms with van der Waals surface area (Å²) < 4.78 is 1.79. The van der Waals surface area contributed by atoms with Crippen LogP contribution in [0, 0.1) is 0 Å². The Balaban J connectivity index is 1.84. The highest BCUT2D eigenvalue weighted by Crippen LogP contribution is 2.19. The van der Waals surface area contributed by atoms with Crippen molar-refractivity contribution in [3.63, 3.8) is 0 Å². The summed E-state index contributed by atoms with van der Waals surface area (Å²) in [7, 11) is 0. The molecule has 0 saturated heterocycles. The summed E-state index contributed by atoms with van der Waals surface area (Å²) in [5, 5.41) is 7.31. The zero-order chi connectivity index (χ0) is 20.8. The molecule has 0 radical (unpaired) electrons. The van der Waals surface area contributed by atoms with Crippen LogP contribution < -0.4 is 5.32 Å². The molecule has 0 aliphatic carbocycles. The molecule has 0 aliphatic rings. The summed E-state index contributed by atoms with van der Waals surface area (Å²) in [6.45, 7) is 7.18. The van der Waals surface area contributed by atoms with Gasteiger partial charge in [-0.25, -0.2) is 4.68 Å². The lowest BCUT2D eigenvalue weighted by atomic mass is 10.1. The SMILES string of the molecule is CCc1c(C(=O)Nc2cccc(C(=O)N(CC)CC)c2)cnn1-c1ccccc1. The predicted octanol–water partition coefficient (Wildman–Crippen LogP) is 4.17. The number of nitrogens with zero attached hydrogens (tertiary/aromatic N) is 3. The van der Waals surface area contributed by atoms with E-state index < -0.39 is 0 Å². The molecule has 0 spiro atoms. The fraction of sp³-hybridized carbons (Fsp3) is 0.261. The number of rotatable bonds is 7. The van der Waals surface area contributed by atoms with Crippen molar-refractivity contribution in [2.75, 3.05) is 18.4 Å². The molecule has 0 fully saturated rings. The molecule has 2 amide bonds. The Morgan fingerprint density at radius 2 is 1.72 bits per heavy atom. The van der Waals surface area contributed by atoms with Gasteiger partial charge in [-0.05, 0) is 50.6 Å². The summed E-state index contributed by atoms with van der Waals surface area (Å²) >= 11 is 0. The molecule has 0 saturated carbocycles. The molecular weight excluding hydrogens is 364 g/mol. The lowest BCUT2D eigenvalue weighted by molar-refractivity contribution is 0.0772.